The van der Waals surface area contributed by atoms with Gasteiger partial charge in [-0.1, -0.05) is 39.5 Å². The highest BCUT2D eigenvalue weighted by molar-refractivity contribution is 5.59. The van der Waals surface area contributed by atoms with Crippen LogP contribution < -0.4 is 10.6 Å². The zero-order valence-electron chi connectivity index (χ0n) is 12.4. The lowest BCUT2D eigenvalue weighted by Crippen LogP contribution is -2.21. The van der Waals surface area contributed by atoms with Gasteiger partial charge < -0.3 is 10.6 Å². The van der Waals surface area contributed by atoms with Gasteiger partial charge in [-0.25, -0.2) is 9.97 Å². The fourth-order valence-corrected chi connectivity index (χ4v) is 2.87. The molecule has 1 heterocycles. The van der Waals surface area contributed by atoms with E-state index in [0.29, 0.717) is 12.0 Å². The molecule has 0 amide bonds. The van der Waals surface area contributed by atoms with Gasteiger partial charge in [0.25, 0.3) is 0 Å². The Labute approximate surface area is 116 Å². The molecule has 0 atom stereocenters. The summed E-state index contributed by atoms with van der Waals surface area (Å²) in [5.41, 5.74) is 1.20. The standard InChI is InChI=1S/C15H26N4/c1-11(2)13-14(16-3)17-10-18-15(13)19-12-8-6-4-5-7-9-12/h10-12H,4-9H2,1-3H3,(H2,16,17,18,19). The predicted molar refractivity (Wildman–Crippen MR) is 80.8 cm³/mol. The summed E-state index contributed by atoms with van der Waals surface area (Å²) in [6.45, 7) is 4.38. The molecule has 0 radical (unpaired) electrons. The second kappa shape index (κ2) is 6.73. The molecule has 4 nitrogen and oxygen atoms in total. The molecule has 0 spiro atoms. The highest BCUT2D eigenvalue weighted by Gasteiger charge is 2.18. The first-order valence-corrected chi connectivity index (χ1v) is 7.51. The van der Waals surface area contributed by atoms with Crippen molar-refractivity contribution in [2.45, 2.75) is 64.3 Å². The van der Waals surface area contributed by atoms with E-state index in [4.69, 9.17) is 0 Å². The minimum absolute atomic E-state index is 0.414. The van der Waals surface area contributed by atoms with E-state index in [2.05, 4.69) is 34.4 Å². The lowest BCUT2D eigenvalue weighted by atomic mass is 10.0. The van der Waals surface area contributed by atoms with E-state index >= 15 is 0 Å². The third kappa shape index (κ3) is 3.58. The van der Waals surface area contributed by atoms with Crippen LogP contribution in [0.4, 0.5) is 11.6 Å². The van der Waals surface area contributed by atoms with Gasteiger partial charge in [0, 0.05) is 18.7 Å². The van der Waals surface area contributed by atoms with Gasteiger partial charge in [0.1, 0.15) is 18.0 Å². The summed E-state index contributed by atoms with van der Waals surface area (Å²) >= 11 is 0. The van der Waals surface area contributed by atoms with Gasteiger partial charge in [0.2, 0.25) is 0 Å². The maximum absolute atomic E-state index is 4.47. The molecule has 1 aromatic rings. The van der Waals surface area contributed by atoms with Crippen molar-refractivity contribution < 1.29 is 0 Å². The zero-order chi connectivity index (χ0) is 13.7. The lowest BCUT2D eigenvalue weighted by Gasteiger charge is -2.21. The van der Waals surface area contributed by atoms with Crippen LogP contribution in [0.25, 0.3) is 0 Å². The Kier molecular flexibility index (Phi) is 5.00. The van der Waals surface area contributed by atoms with Gasteiger partial charge in [-0.15, -0.1) is 0 Å². The van der Waals surface area contributed by atoms with Crippen LogP contribution in [0.2, 0.25) is 0 Å². The summed E-state index contributed by atoms with van der Waals surface area (Å²) in [7, 11) is 1.92. The fraction of sp³-hybridized carbons (Fsp3) is 0.733. The first-order valence-electron chi connectivity index (χ1n) is 7.51. The fourth-order valence-electron chi connectivity index (χ4n) is 2.87. The van der Waals surface area contributed by atoms with Crippen LogP contribution in [0.3, 0.4) is 0 Å². The van der Waals surface area contributed by atoms with E-state index in [1.807, 2.05) is 7.05 Å². The monoisotopic (exact) mass is 262 g/mol. The molecule has 106 valence electrons. The van der Waals surface area contributed by atoms with Crippen LogP contribution in [0.5, 0.6) is 0 Å². The summed E-state index contributed by atoms with van der Waals surface area (Å²) in [6.07, 6.45) is 9.59. The largest absolute Gasteiger partial charge is 0.373 e. The number of aromatic nitrogens is 2. The molecule has 4 heteroatoms. The van der Waals surface area contributed by atoms with Crippen molar-refractivity contribution in [3.8, 4) is 0 Å². The molecule has 1 aliphatic carbocycles. The first-order chi connectivity index (χ1) is 9.22. The van der Waals surface area contributed by atoms with Crippen LogP contribution in [0.1, 0.15) is 63.9 Å². The summed E-state index contributed by atoms with van der Waals surface area (Å²) < 4.78 is 0. The summed E-state index contributed by atoms with van der Waals surface area (Å²) in [5.74, 6) is 2.37. The Balaban J connectivity index is 2.18. The van der Waals surface area contributed by atoms with Crippen molar-refractivity contribution in [3.05, 3.63) is 11.9 Å². The maximum atomic E-state index is 4.47. The average Bonchev–Trinajstić information content (AvgIpc) is 2.66. The Bertz CT molecular complexity index is 395. The molecule has 0 aromatic carbocycles. The van der Waals surface area contributed by atoms with E-state index in [9.17, 15) is 0 Å². The number of nitrogens with zero attached hydrogens (tertiary/aromatic N) is 2. The number of rotatable bonds is 4. The Morgan fingerprint density at radius 1 is 1.05 bits per heavy atom. The average molecular weight is 262 g/mol. The SMILES string of the molecule is CNc1ncnc(NC2CCCCCC2)c1C(C)C. The van der Waals surface area contributed by atoms with Gasteiger partial charge in [0.15, 0.2) is 0 Å². The zero-order valence-corrected chi connectivity index (χ0v) is 12.4. The highest BCUT2D eigenvalue weighted by atomic mass is 15.1. The van der Waals surface area contributed by atoms with Gasteiger partial charge in [-0.05, 0) is 18.8 Å². The van der Waals surface area contributed by atoms with Gasteiger partial charge in [0.05, 0.1) is 0 Å². The summed E-state index contributed by atoms with van der Waals surface area (Å²) in [4.78, 5) is 8.80. The molecule has 0 bridgehead atoms. The van der Waals surface area contributed by atoms with Crippen LogP contribution in [-0.4, -0.2) is 23.1 Å². The second-order valence-corrected chi connectivity index (χ2v) is 5.72. The van der Waals surface area contributed by atoms with Gasteiger partial charge >= 0.3 is 0 Å². The van der Waals surface area contributed by atoms with Gasteiger partial charge in [-0.2, -0.15) is 0 Å². The van der Waals surface area contributed by atoms with E-state index in [1.165, 1.54) is 44.1 Å². The first kappa shape index (κ1) is 14.1. The highest BCUT2D eigenvalue weighted by Crippen LogP contribution is 2.30. The molecule has 0 saturated heterocycles. The molecule has 19 heavy (non-hydrogen) atoms. The van der Waals surface area contributed by atoms with Crippen LogP contribution in [0, 0.1) is 0 Å². The molecule has 2 N–H and O–H groups in total. The van der Waals surface area contributed by atoms with Gasteiger partial charge in [-0.3, -0.25) is 0 Å². The van der Waals surface area contributed by atoms with Crippen molar-refractivity contribution in [1.82, 2.24) is 9.97 Å². The number of hydrogen-bond donors (Lipinski definition) is 2. The van der Waals surface area contributed by atoms with Crippen molar-refractivity contribution >= 4 is 11.6 Å². The molecule has 1 aliphatic rings. The van der Waals surface area contributed by atoms with Crippen LogP contribution in [-0.2, 0) is 0 Å². The third-order valence-corrected chi connectivity index (χ3v) is 3.89. The molecular weight excluding hydrogens is 236 g/mol. The van der Waals surface area contributed by atoms with Crippen LogP contribution >= 0.6 is 0 Å². The van der Waals surface area contributed by atoms with E-state index in [0.717, 1.165) is 11.6 Å². The smallest absolute Gasteiger partial charge is 0.135 e. The third-order valence-electron chi connectivity index (χ3n) is 3.89. The minimum atomic E-state index is 0.414. The molecule has 0 unspecified atom stereocenters. The van der Waals surface area contributed by atoms with Crippen LogP contribution in [0.15, 0.2) is 6.33 Å². The molecule has 1 saturated carbocycles. The predicted octanol–water partition coefficient (Wildman–Crippen LogP) is 3.78. The Hall–Kier alpha value is -1.32. The maximum Gasteiger partial charge on any atom is 0.135 e. The lowest BCUT2D eigenvalue weighted by molar-refractivity contribution is 0.615. The molecule has 0 aliphatic heterocycles. The van der Waals surface area contributed by atoms with E-state index in [1.54, 1.807) is 6.33 Å². The topological polar surface area (TPSA) is 49.8 Å². The Morgan fingerprint density at radius 2 is 1.68 bits per heavy atom. The second-order valence-electron chi connectivity index (χ2n) is 5.72. The molecule has 2 rings (SSSR count). The number of anilines is 2. The minimum Gasteiger partial charge on any atom is -0.373 e. The molecule has 1 aromatic heterocycles. The summed E-state index contributed by atoms with van der Waals surface area (Å²) in [6, 6.07) is 0.569. The van der Waals surface area contributed by atoms with Crippen molar-refractivity contribution in [2.24, 2.45) is 0 Å². The Morgan fingerprint density at radius 3 is 2.26 bits per heavy atom. The van der Waals surface area contributed by atoms with E-state index in [-0.39, 0.29) is 0 Å². The number of hydrogen-bond acceptors (Lipinski definition) is 4. The summed E-state index contributed by atoms with van der Waals surface area (Å²) in [5, 5.41) is 6.83. The van der Waals surface area contributed by atoms with Crippen molar-refractivity contribution in [3.63, 3.8) is 0 Å². The normalized spacial score (nSPS) is 17.3. The molecule has 1 fully saturated rings. The quantitative estimate of drug-likeness (QED) is 0.811. The van der Waals surface area contributed by atoms with Crippen molar-refractivity contribution in [1.29, 1.82) is 0 Å². The molecular formula is C15H26N4. The number of nitrogens with one attached hydrogen (secondary N) is 2. The van der Waals surface area contributed by atoms with Crippen molar-refractivity contribution in [2.75, 3.05) is 17.7 Å². The van der Waals surface area contributed by atoms with E-state index < -0.39 is 0 Å².